The number of methoxy groups -OCH3 is 2. The molecule has 0 saturated carbocycles. The summed E-state index contributed by atoms with van der Waals surface area (Å²) in [6.07, 6.45) is 2.40. The lowest BCUT2D eigenvalue weighted by molar-refractivity contribution is -0.119. The summed E-state index contributed by atoms with van der Waals surface area (Å²) in [5.74, 6) is 1.17. The third kappa shape index (κ3) is 5.37. The highest BCUT2D eigenvalue weighted by molar-refractivity contribution is 7.92. The molecule has 2 aromatic rings. The van der Waals surface area contributed by atoms with E-state index < -0.39 is 22.5 Å². The van der Waals surface area contributed by atoms with Gasteiger partial charge < -0.3 is 18.9 Å². The summed E-state index contributed by atoms with van der Waals surface area (Å²) in [4.78, 5) is 12.4. The molecule has 1 amide bonds. The fourth-order valence-electron chi connectivity index (χ4n) is 2.91. The minimum atomic E-state index is -3.81. The van der Waals surface area contributed by atoms with Crippen molar-refractivity contribution in [1.29, 1.82) is 0 Å². The van der Waals surface area contributed by atoms with E-state index in [-0.39, 0.29) is 11.4 Å². The lowest BCUT2D eigenvalue weighted by atomic mass is 10.2. The number of ether oxygens (including phenoxy) is 4. The van der Waals surface area contributed by atoms with Crippen LogP contribution in [0.5, 0.6) is 23.0 Å². The van der Waals surface area contributed by atoms with Gasteiger partial charge in [-0.1, -0.05) is 6.07 Å². The predicted molar refractivity (Wildman–Crippen MR) is 115 cm³/mol. The van der Waals surface area contributed by atoms with Gasteiger partial charge in [-0.2, -0.15) is 5.10 Å². The van der Waals surface area contributed by atoms with Crippen molar-refractivity contribution < 1.29 is 32.2 Å². The van der Waals surface area contributed by atoms with E-state index in [1.54, 1.807) is 30.3 Å². The predicted octanol–water partition coefficient (Wildman–Crippen LogP) is 1.39. The van der Waals surface area contributed by atoms with Crippen LogP contribution >= 0.6 is 0 Å². The van der Waals surface area contributed by atoms with Gasteiger partial charge in [0.05, 0.1) is 32.4 Å². The number of para-hydroxylation sites is 1. The minimum Gasteiger partial charge on any atom is -0.497 e. The lowest BCUT2D eigenvalue weighted by Crippen LogP contribution is -2.39. The lowest BCUT2D eigenvalue weighted by Gasteiger charge is -2.23. The zero-order valence-electron chi connectivity index (χ0n) is 17.3. The van der Waals surface area contributed by atoms with Crippen LogP contribution < -0.4 is 28.7 Å². The fraction of sp³-hybridized carbons (Fsp3) is 0.300. The van der Waals surface area contributed by atoms with Gasteiger partial charge in [-0.3, -0.25) is 9.10 Å². The number of amides is 1. The fourth-order valence-corrected chi connectivity index (χ4v) is 3.76. The van der Waals surface area contributed by atoms with Gasteiger partial charge in [0.25, 0.3) is 5.91 Å². The number of fused-ring (bicyclic) bond motifs is 1. The Kier molecular flexibility index (Phi) is 6.85. The van der Waals surface area contributed by atoms with Gasteiger partial charge in [0, 0.05) is 11.6 Å². The number of hydrazone groups is 1. The highest BCUT2D eigenvalue weighted by Crippen LogP contribution is 2.34. The molecule has 0 saturated heterocycles. The number of sulfonamides is 1. The number of nitrogens with one attached hydrogen (secondary N) is 1. The van der Waals surface area contributed by atoms with Crippen molar-refractivity contribution in [3.63, 3.8) is 0 Å². The molecule has 0 bridgehead atoms. The van der Waals surface area contributed by atoms with E-state index in [9.17, 15) is 13.2 Å². The van der Waals surface area contributed by atoms with Crippen LogP contribution in [0.25, 0.3) is 0 Å². The second-order valence-electron chi connectivity index (χ2n) is 6.47. The first-order valence-electron chi connectivity index (χ1n) is 9.23. The SMILES string of the molecule is COc1ccc(OC)c(N(CC(=O)N/N=C\c2cccc3c2OCCO3)S(C)(=O)=O)c1. The molecule has 3 rings (SSSR count). The second-order valence-corrected chi connectivity index (χ2v) is 8.38. The Balaban J connectivity index is 1.77. The first kappa shape index (κ1) is 22.2. The third-order valence-electron chi connectivity index (χ3n) is 4.33. The number of rotatable bonds is 8. The van der Waals surface area contributed by atoms with Crippen LogP contribution in [0.4, 0.5) is 5.69 Å². The molecule has 0 unspecified atom stereocenters. The molecule has 31 heavy (non-hydrogen) atoms. The molecule has 1 aliphatic rings. The quantitative estimate of drug-likeness (QED) is 0.478. The van der Waals surface area contributed by atoms with Crippen LogP contribution in [-0.4, -0.2) is 60.8 Å². The zero-order valence-corrected chi connectivity index (χ0v) is 18.1. The number of hydrogen-bond donors (Lipinski definition) is 1. The maximum absolute atomic E-state index is 12.4. The normalized spacial score (nSPS) is 13.0. The molecule has 11 heteroatoms. The molecule has 166 valence electrons. The van der Waals surface area contributed by atoms with Crippen LogP contribution in [0.3, 0.4) is 0 Å². The summed E-state index contributed by atoms with van der Waals surface area (Å²) >= 11 is 0. The minimum absolute atomic E-state index is 0.172. The maximum atomic E-state index is 12.4. The van der Waals surface area contributed by atoms with Crippen molar-refractivity contribution >= 4 is 27.8 Å². The summed E-state index contributed by atoms with van der Waals surface area (Å²) < 4.78 is 47.2. The van der Waals surface area contributed by atoms with Gasteiger partial charge in [-0.25, -0.2) is 13.8 Å². The molecule has 1 N–H and O–H groups in total. The molecule has 0 radical (unpaired) electrons. The number of anilines is 1. The van der Waals surface area contributed by atoms with E-state index in [0.717, 1.165) is 10.6 Å². The second kappa shape index (κ2) is 9.56. The van der Waals surface area contributed by atoms with E-state index in [4.69, 9.17) is 18.9 Å². The Bertz CT molecular complexity index is 1090. The van der Waals surface area contributed by atoms with E-state index in [2.05, 4.69) is 10.5 Å². The Morgan fingerprint density at radius 1 is 1.19 bits per heavy atom. The highest BCUT2D eigenvalue weighted by atomic mass is 32.2. The molecular weight excluding hydrogens is 426 g/mol. The van der Waals surface area contributed by atoms with Crippen molar-refractivity contribution in [3.05, 3.63) is 42.0 Å². The zero-order chi connectivity index (χ0) is 22.4. The highest BCUT2D eigenvalue weighted by Gasteiger charge is 2.24. The first-order valence-corrected chi connectivity index (χ1v) is 11.1. The van der Waals surface area contributed by atoms with Crippen LogP contribution in [0, 0.1) is 0 Å². The summed E-state index contributed by atoms with van der Waals surface area (Å²) in [5, 5.41) is 3.92. The van der Waals surface area contributed by atoms with Crippen molar-refractivity contribution in [1.82, 2.24) is 5.43 Å². The van der Waals surface area contributed by atoms with Gasteiger partial charge in [0.15, 0.2) is 11.5 Å². The molecule has 1 aliphatic heterocycles. The Hall–Kier alpha value is -3.47. The van der Waals surface area contributed by atoms with Crippen LogP contribution in [0.15, 0.2) is 41.5 Å². The smallest absolute Gasteiger partial charge is 0.260 e. The molecule has 1 heterocycles. The number of hydrogen-bond acceptors (Lipinski definition) is 8. The third-order valence-corrected chi connectivity index (χ3v) is 5.46. The number of carbonyl (C=O) groups excluding carboxylic acids is 1. The molecule has 0 aliphatic carbocycles. The standard InChI is InChI=1S/C20H23N3O7S/c1-27-15-7-8-17(28-2)16(11-15)23(31(3,25)26)13-19(24)22-21-12-14-5-4-6-18-20(14)30-10-9-29-18/h4-8,11-12H,9-10,13H2,1-3H3,(H,22,24)/b21-12-. The van der Waals surface area contributed by atoms with Crippen molar-refractivity contribution in [2.24, 2.45) is 5.10 Å². The van der Waals surface area contributed by atoms with Gasteiger partial charge in [0.2, 0.25) is 10.0 Å². The average molecular weight is 449 g/mol. The monoisotopic (exact) mass is 449 g/mol. The molecule has 0 aromatic heterocycles. The first-order chi connectivity index (χ1) is 14.8. The van der Waals surface area contributed by atoms with Gasteiger partial charge in [0.1, 0.15) is 31.3 Å². The van der Waals surface area contributed by atoms with Gasteiger partial charge >= 0.3 is 0 Å². The Morgan fingerprint density at radius 2 is 1.97 bits per heavy atom. The van der Waals surface area contributed by atoms with E-state index in [0.29, 0.717) is 36.0 Å². The van der Waals surface area contributed by atoms with E-state index in [1.807, 2.05) is 0 Å². The maximum Gasteiger partial charge on any atom is 0.260 e. The summed E-state index contributed by atoms with van der Waals surface area (Å²) in [6, 6.07) is 9.96. The van der Waals surface area contributed by atoms with Crippen LogP contribution in [0.1, 0.15) is 5.56 Å². The summed E-state index contributed by atoms with van der Waals surface area (Å²) in [7, 11) is -0.953. The molecular formula is C20H23N3O7S. The number of nitrogens with zero attached hydrogens (tertiary/aromatic N) is 2. The molecule has 0 spiro atoms. The Labute approximate surface area is 180 Å². The molecule has 0 fully saturated rings. The van der Waals surface area contributed by atoms with Crippen molar-refractivity contribution in [2.75, 3.05) is 44.5 Å². The Morgan fingerprint density at radius 3 is 2.68 bits per heavy atom. The summed E-state index contributed by atoms with van der Waals surface area (Å²) in [5.41, 5.74) is 3.12. The van der Waals surface area contributed by atoms with Gasteiger partial charge in [-0.15, -0.1) is 0 Å². The van der Waals surface area contributed by atoms with Crippen LogP contribution in [-0.2, 0) is 14.8 Å². The largest absolute Gasteiger partial charge is 0.497 e. The van der Waals surface area contributed by atoms with E-state index in [1.165, 1.54) is 26.5 Å². The van der Waals surface area contributed by atoms with Crippen molar-refractivity contribution in [3.8, 4) is 23.0 Å². The molecule has 0 atom stereocenters. The number of carbonyl (C=O) groups is 1. The molecule has 10 nitrogen and oxygen atoms in total. The molecule has 2 aromatic carbocycles. The van der Waals surface area contributed by atoms with E-state index >= 15 is 0 Å². The van der Waals surface area contributed by atoms with Crippen LogP contribution in [0.2, 0.25) is 0 Å². The average Bonchev–Trinajstić information content (AvgIpc) is 2.76. The number of benzene rings is 2. The van der Waals surface area contributed by atoms with Crippen molar-refractivity contribution in [2.45, 2.75) is 0 Å². The summed E-state index contributed by atoms with van der Waals surface area (Å²) in [6.45, 7) is 0.363. The topological polar surface area (TPSA) is 116 Å². The van der Waals surface area contributed by atoms with Gasteiger partial charge in [-0.05, 0) is 24.3 Å².